The molecule has 1 N–H and O–H groups in total. The van der Waals surface area contributed by atoms with Gasteiger partial charge in [-0.15, -0.1) is 0 Å². The number of nitrogens with zero attached hydrogens (tertiary/aromatic N) is 1. The largest absolute Gasteiger partial charge is 0.449 e. The smallest absolute Gasteiger partial charge is 0.307 e. The Morgan fingerprint density at radius 2 is 1.02 bits per heavy atom. The number of hydrogen-bond acceptors (Lipinski definition) is 4. The second kappa shape index (κ2) is 36.5. The Morgan fingerprint density at radius 3 is 1.44 bits per heavy atom. The van der Waals surface area contributed by atoms with Gasteiger partial charge in [0.15, 0.2) is 5.60 Å². The molecule has 1 saturated heterocycles. The summed E-state index contributed by atoms with van der Waals surface area (Å²) in [6.07, 6.45) is 51.7. The molecule has 0 spiro atoms. The number of likely N-dealkylation sites (tertiary alicyclic amines) is 1. The zero-order valence-corrected chi connectivity index (χ0v) is 36.2. The number of amides is 1. The minimum Gasteiger partial charge on any atom is -0.449 e. The maximum Gasteiger partial charge on any atom is 0.307 e. The highest BCUT2D eigenvalue weighted by Gasteiger charge is 2.41. The van der Waals surface area contributed by atoms with Gasteiger partial charge in [-0.2, -0.15) is 0 Å². The van der Waals surface area contributed by atoms with E-state index < -0.39 is 5.60 Å². The van der Waals surface area contributed by atoms with E-state index in [1.807, 2.05) is 0 Å². The van der Waals surface area contributed by atoms with Gasteiger partial charge in [-0.1, -0.05) is 153 Å². The Bertz CT molecular complexity index is 951. The first kappa shape index (κ1) is 49.9. The minimum atomic E-state index is -1.04. The second-order valence-electron chi connectivity index (χ2n) is 16.4. The van der Waals surface area contributed by atoms with Gasteiger partial charge in [-0.05, 0) is 122 Å². The molecule has 1 amide bonds. The number of unbranched alkanes of at least 4 members (excludes halogenated alkanes) is 19. The van der Waals surface area contributed by atoms with Crippen molar-refractivity contribution >= 4 is 11.9 Å². The lowest BCUT2D eigenvalue weighted by Crippen LogP contribution is -2.50. The third kappa shape index (κ3) is 28.3. The van der Waals surface area contributed by atoms with E-state index in [1.54, 1.807) is 0 Å². The van der Waals surface area contributed by atoms with Gasteiger partial charge in [0.05, 0.1) is 0 Å². The maximum atomic E-state index is 13.9. The summed E-state index contributed by atoms with van der Waals surface area (Å²) in [7, 11) is 2.12. The lowest BCUT2D eigenvalue weighted by molar-refractivity contribution is -0.172. The second-order valence-corrected chi connectivity index (χ2v) is 16.4. The molecular weight excluding hydrogens is 665 g/mol. The Balaban J connectivity index is 2.57. The lowest BCUT2D eigenvalue weighted by atomic mass is 9.87. The van der Waals surface area contributed by atoms with Crippen molar-refractivity contribution in [2.75, 3.05) is 26.7 Å². The van der Waals surface area contributed by atoms with Crippen LogP contribution in [0.4, 0.5) is 0 Å². The van der Waals surface area contributed by atoms with E-state index in [0.717, 1.165) is 83.7 Å². The van der Waals surface area contributed by atoms with Crippen LogP contribution in [0.25, 0.3) is 0 Å². The molecule has 0 aromatic heterocycles. The number of esters is 1. The van der Waals surface area contributed by atoms with Crippen LogP contribution >= 0.6 is 0 Å². The van der Waals surface area contributed by atoms with Gasteiger partial charge < -0.3 is 15.0 Å². The standard InChI is InChI=1S/C49H88N2O3/c1-5-8-11-13-15-17-19-21-23-25-27-29-31-33-35-37-40-49(48(53)50-42-10-7-3,54-47(52)44-46-39-43-51(4)45-46)41-38-36-34-32-30-28-26-24-22-20-18-16-14-12-9-6-2/h15-18,21-24,46H,5-14,19-20,25-45H2,1-4H3,(H,50,53)/b17-15-,18-16-,23-21-,24-22-. The average molecular weight is 753 g/mol. The van der Waals surface area contributed by atoms with Crippen molar-refractivity contribution < 1.29 is 14.3 Å². The molecule has 1 aliphatic heterocycles. The third-order valence-corrected chi connectivity index (χ3v) is 11.0. The van der Waals surface area contributed by atoms with Crippen LogP contribution in [0.15, 0.2) is 48.6 Å². The molecule has 0 aliphatic carbocycles. The van der Waals surface area contributed by atoms with E-state index in [0.29, 0.717) is 31.7 Å². The normalized spacial score (nSPS) is 15.5. The van der Waals surface area contributed by atoms with Gasteiger partial charge in [0.1, 0.15) is 0 Å². The summed E-state index contributed by atoms with van der Waals surface area (Å²) in [4.78, 5) is 29.7. The molecule has 0 saturated carbocycles. The molecule has 5 nitrogen and oxygen atoms in total. The van der Waals surface area contributed by atoms with Crippen LogP contribution in [0, 0.1) is 5.92 Å². The number of ether oxygens (including phenoxy) is 1. The van der Waals surface area contributed by atoms with Gasteiger partial charge in [-0.25, -0.2) is 0 Å². The predicted octanol–water partition coefficient (Wildman–Crippen LogP) is 13.9. The van der Waals surface area contributed by atoms with Crippen molar-refractivity contribution in [2.24, 2.45) is 5.92 Å². The molecule has 54 heavy (non-hydrogen) atoms. The summed E-state index contributed by atoms with van der Waals surface area (Å²) in [5.41, 5.74) is -1.04. The highest BCUT2D eigenvalue weighted by Crippen LogP contribution is 2.30. The molecular formula is C49H88N2O3. The molecule has 1 fully saturated rings. The van der Waals surface area contributed by atoms with E-state index in [1.165, 1.54) is 103 Å². The molecule has 0 radical (unpaired) electrons. The zero-order chi connectivity index (χ0) is 39.2. The van der Waals surface area contributed by atoms with Crippen molar-refractivity contribution in [3.05, 3.63) is 48.6 Å². The van der Waals surface area contributed by atoms with Crippen LogP contribution in [0.3, 0.4) is 0 Å². The van der Waals surface area contributed by atoms with E-state index >= 15 is 0 Å². The SMILES string of the molecule is CCCCC/C=C\C/C=C\CCCCCCCCC(CCCCCCCC/C=C\C/C=C\CCCCC)(OC(=O)CC1CCN(C)C1)C(=O)NCCCC. The van der Waals surface area contributed by atoms with E-state index in [4.69, 9.17) is 4.74 Å². The first-order valence-corrected chi connectivity index (χ1v) is 23.3. The number of nitrogens with one attached hydrogen (secondary N) is 1. The summed E-state index contributed by atoms with van der Waals surface area (Å²) in [6.45, 7) is 9.26. The summed E-state index contributed by atoms with van der Waals surface area (Å²) >= 11 is 0. The van der Waals surface area contributed by atoms with Crippen molar-refractivity contribution in [1.29, 1.82) is 0 Å². The Hall–Kier alpha value is -2.14. The number of hydrogen-bond donors (Lipinski definition) is 1. The van der Waals surface area contributed by atoms with Crippen molar-refractivity contribution in [1.82, 2.24) is 10.2 Å². The van der Waals surface area contributed by atoms with Crippen LogP contribution in [0.2, 0.25) is 0 Å². The van der Waals surface area contributed by atoms with E-state index in [9.17, 15) is 9.59 Å². The topological polar surface area (TPSA) is 58.6 Å². The fraction of sp³-hybridized carbons (Fsp3) is 0.796. The Kier molecular flexibility index (Phi) is 33.7. The fourth-order valence-corrected chi connectivity index (χ4v) is 7.53. The molecule has 1 aliphatic rings. The predicted molar refractivity (Wildman–Crippen MR) is 235 cm³/mol. The third-order valence-electron chi connectivity index (χ3n) is 11.0. The highest BCUT2D eigenvalue weighted by molar-refractivity contribution is 5.88. The summed E-state index contributed by atoms with van der Waals surface area (Å²) < 4.78 is 6.38. The zero-order valence-electron chi connectivity index (χ0n) is 36.2. The molecule has 5 heteroatoms. The monoisotopic (exact) mass is 753 g/mol. The Morgan fingerprint density at radius 1 is 0.593 bits per heavy atom. The summed E-state index contributed by atoms with van der Waals surface area (Å²) in [6, 6.07) is 0. The summed E-state index contributed by atoms with van der Waals surface area (Å²) in [5, 5.41) is 3.19. The molecule has 0 bridgehead atoms. The lowest BCUT2D eigenvalue weighted by Gasteiger charge is -2.33. The molecule has 1 unspecified atom stereocenters. The van der Waals surface area contributed by atoms with Crippen molar-refractivity contribution in [3.8, 4) is 0 Å². The Labute approximate surface area is 335 Å². The average Bonchev–Trinajstić information content (AvgIpc) is 3.57. The van der Waals surface area contributed by atoms with Gasteiger partial charge in [0, 0.05) is 19.5 Å². The first-order valence-electron chi connectivity index (χ1n) is 23.3. The maximum absolute atomic E-state index is 13.9. The molecule has 0 aromatic rings. The minimum absolute atomic E-state index is 0.0574. The van der Waals surface area contributed by atoms with Crippen LogP contribution in [-0.2, 0) is 14.3 Å². The first-order chi connectivity index (χ1) is 26.5. The van der Waals surface area contributed by atoms with Crippen molar-refractivity contribution in [3.63, 3.8) is 0 Å². The molecule has 0 aromatic carbocycles. The van der Waals surface area contributed by atoms with Crippen LogP contribution < -0.4 is 5.32 Å². The quantitative estimate of drug-likeness (QED) is 0.0390. The molecule has 1 rings (SSSR count). The number of allylic oxidation sites excluding steroid dienone is 8. The number of carbonyl (C=O) groups is 2. The number of carbonyl (C=O) groups excluding carboxylic acids is 2. The molecule has 1 atom stereocenters. The van der Waals surface area contributed by atoms with Crippen LogP contribution in [0.5, 0.6) is 0 Å². The fourth-order valence-electron chi connectivity index (χ4n) is 7.53. The van der Waals surface area contributed by atoms with Gasteiger partial charge in [0.25, 0.3) is 5.91 Å². The highest BCUT2D eigenvalue weighted by atomic mass is 16.6. The number of rotatable bonds is 37. The molecule has 1 heterocycles. The summed E-state index contributed by atoms with van der Waals surface area (Å²) in [5.74, 6) is 0.0890. The van der Waals surface area contributed by atoms with E-state index in [2.05, 4.69) is 86.6 Å². The van der Waals surface area contributed by atoms with E-state index in [-0.39, 0.29) is 11.9 Å². The van der Waals surface area contributed by atoms with Crippen LogP contribution in [0.1, 0.15) is 213 Å². The van der Waals surface area contributed by atoms with Crippen molar-refractivity contribution in [2.45, 2.75) is 219 Å². The molecule has 312 valence electrons. The van der Waals surface area contributed by atoms with Gasteiger partial charge >= 0.3 is 5.97 Å². The van der Waals surface area contributed by atoms with Crippen LogP contribution in [-0.4, -0.2) is 49.1 Å². The van der Waals surface area contributed by atoms with Gasteiger partial charge in [0.2, 0.25) is 0 Å². The van der Waals surface area contributed by atoms with Gasteiger partial charge in [-0.3, -0.25) is 9.59 Å².